The van der Waals surface area contributed by atoms with E-state index in [1.165, 1.54) is 0 Å². The van der Waals surface area contributed by atoms with Gasteiger partial charge in [0, 0.05) is 13.1 Å². The van der Waals surface area contributed by atoms with Crippen LogP contribution >= 0.6 is 23.5 Å². The summed E-state index contributed by atoms with van der Waals surface area (Å²) in [7, 11) is 0. The minimum Gasteiger partial charge on any atom is -0.348 e. The second-order valence-electron chi connectivity index (χ2n) is 4.32. The van der Waals surface area contributed by atoms with Crippen LogP contribution in [0.15, 0.2) is 0 Å². The second-order valence-corrected chi connectivity index (χ2v) is 7.11. The summed E-state index contributed by atoms with van der Waals surface area (Å²) in [5, 5.41) is 5.31. The van der Waals surface area contributed by atoms with Crippen molar-refractivity contribution in [3.63, 3.8) is 0 Å². The molecule has 0 aliphatic heterocycles. The number of amides is 2. The minimum absolute atomic E-state index is 0.504. The first-order valence-electron chi connectivity index (χ1n) is 7.43. The van der Waals surface area contributed by atoms with Crippen molar-refractivity contribution in [3.8, 4) is 0 Å². The second kappa shape index (κ2) is 15.0. The van der Waals surface area contributed by atoms with Gasteiger partial charge < -0.3 is 10.6 Å². The Hall–Kier alpha value is -0.360. The predicted molar refractivity (Wildman–Crippen MR) is 90.5 cm³/mol. The molecule has 118 valence electrons. The predicted octanol–water partition coefficient (Wildman–Crippen LogP) is 2.29. The van der Waals surface area contributed by atoms with Crippen LogP contribution in [0.2, 0.25) is 0 Å². The lowest BCUT2D eigenvalue weighted by Crippen LogP contribution is -2.40. The van der Waals surface area contributed by atoms with Crippen molar-refractivity contribution in [1.29, 1.82) is 0 Å². The van der Waals surface area contributed by atoms with Crippen LogP contribution in [0, 0.1) is 0 Å². The average molecular weight is 321 g/mol. The molecule has 0 aliphatic carbocycles. The smallest absolute Gasteiger partial charge is 0.309 e. The SMILES string of the molecule is CCSCCCCNC(=O)C(=O)NCCCCSCC. The van der Waals surface area contributed by atoms with Gasteiger partial charge in [0.05, 0.1) is 0 Å². The van der Waals surface area contributed by atoms with Gasteiger partial charge in [-0.15, -0.1) is 0 Å². The van der Waals surface area contributed by atoms with Crippen LogP contribution < -0.4 is 10.6 Å². The molecule has 0 fully saturated rings. The number of unbranched alkanes of at least 4 members (excludes halogenated alkanes) is 2. The fraction of sp³-hybridized carbons (Fsp3) is 0.857. The number of nitrogens with one attached hydrogen (secondary N) is 2. The highest BCUT2D eigenvalue weighted by Crippen LogP contribution is 2.03. The lowest BCUT2D eigenvalue weighted by atomic mass is 10.3. The van der Waals surface area contributed by atoms with E-state index < -0.39 is 11.8 Å². The number of hydrogen-bond donors (Lipinski definition) is 2. The van der Waals surface area contributed by atoms with Crippen LogP contribution in [-0.4, -0.2) is 47.9 Å². The van der Waals surface area contributed by atoms with Gasteiger partial charge >= 0.3 is 11.8 Å². The molecule has 6 heteroatoms. The van der Waals surface area contributed by atoms with Gasteiger partial charge in [-0.1, -0.05) is 13.8 Å². The number of hydrogen-bond acceptors (Lipinski definition) is 4. The Labute approximate surface area is 131 Å². The minimum atomic E-state index is -0.504. The van der Waals surface area contributed by atoms with Crippen molar-refractivity contribution in [2.45, 2.75) is 39.5 Å². The van der Waals surface area contributed by atoms with Crippen LogP contribution in [0.3, 0.4) is 0 Å². The topological polar surface area (TPSA) is 58.2 Å². The highest BCUT2D eigenvalue weighted by atomic mass is 32.2. The Morgan fingerprint density at radius 1 is 0.750 bits per heavy atom. The molecule has 0 saturated carbocycles. The first kappa shape index (κ1) is 19.6. The highest BCUT2D eigenvalue weighted by Gasteiger charge is 2.11. The zero-order valence-electron chi connectivity index (χ0n) is 12.7. The summed E-state index contributed by atoms with van der Waals surface area (Å²) >= 11 is 3.80. The molecule has 0 heterocycles. The largest absolute Gasteiger partial charge is 0.348 e. The number of carbonyl (C=O) groups excluding carboxylic acids is 2. The van der Waals surface area contributed by atoms with Gasteiger partial charge in [0.2, 0.25) is 0 Å². The van der Waals surface area contributed by atoms with Crippen molar-refractivity contribution in [3.05, 3.63) is 0 Å². The van der Waals surface area contributed by atoms with Crippen molar-refractivity contribution in [1.82, 2.24) is 10.6 Å². The molecule has 0 saturated heterocycles. The van der Waals surface area contributed by atoms with E-state index >= 15 is 0 Å². The maximum absolute atomic E-state index is 11.5. The maximum Gasteiger partial charge on any atom is 0.309 e. The standard InChI is InChI=1S/C14H28N2O2S2/c1-3-19-11-7-5-9-15-13(17)14(18)16-10-6-8-12-20-4-2/h3-12H2,1-2H3,(H,15,17)(H,16,18). The molecule has 0 aromatic carbocycles. The Balaban J connectivity index is 3.40. The fourth-order valence-electron chi connectivity index (χ4n) is 1.51. The average Bonchev–Trinajstić information content (AvgIpc) is 2.45. The van der Waals surface area contributed by atoms with E-state index in [4.69, 9.17) is 0 Å². The molecule has 0 bridgehead atoms. The number of rotatable bonds is 12. The molecule has 0 atom stereocenters. The fourth-order valence-corrected chi connectivity index (χ4v) is 2.91. The van der Waals surface area contributed by atoms with Gasteiger partial charge in [-0.05, 0) is 48.7 Å². The third kappa shape index (κ3) is 12.7. The molecule has 2 amide bonds. The molecular formula is C14H28N2O2S2. The van der Waals surface area contributed by atoms with Crippen molar-refractivity contribution in [2.75, 3.05) is 36.1 Å². The summed E-state index contributed by atoms with van der Waals surface area (Å²) in [5.74, 6) is 3.49. The first-order valence-corrected chi connectivity index (χ1v) is 9.74. The van der Waals surface area contributed by atoms with Crippen LogP contribution in [-0.2, 0) is 9.59 Å². The molecule has 2 N–H and O–H groups in total. The van der Waals surface area contributed by atoms with Gasteiger partial charge in [0.1, 0.15) is 0 Å². The lowest BCUT2D eigenvalue weighted by Gasteiger charge is -2.06. The molecule has 0 radical (unpaired) electrons. The summed E-state index contributed by atoms with van der Waals surface area (Å²) in [6.45, 7) is 5.45. The summed E-state index contributed by atoms with van der Waals surface area (Å²) in [5.41, 5.74) is 0. The van der Waals surface area contributed by atoms with E-state index in [-0.39, 0.29) is 0 Å². The Morgan fingerprint density at radius 2 is 1.15 bits per heavy atom. The molecule has 0 aromatic heterocycles. The van der Waals surface area contributed by atoms with Crippen molar-refractivity contribution >= 4 is 35.3 Å². The summed E-state index contributed by atoms with van der Waals surface area (Å²) < 4.78 is 0. The van der Waals surface area contributed by atoms with Gasteiger partial charge in [-0.25, -0.2) is 0 Å². The normalized spacial score (nSPS) is 10.3. The molecule has 0 aliphatic rings. The van der Waals surface area contributed by atoms with Gasteiger partial charge in [0.25, 0.3) is 0 Å². The van der Waals surface area contributed by atoms with E-state index in [0.717, 1.165) is 48.7 Å². The van der Waals surface area contributed by atoms with Crippen LogP contribution in [0.5, 0.6) is 0 Å². The Bertz CT molecular complexity index is 238. The summed E-state index contributed by atoms with van der Waals surface area (Å²) in [6, 6.07) is 0. The van der Waals surface area contributed by atoms with Crippen LogP contribution in [0.1, 0.15) is 39.5 Å². The Kier molecular flexibility index (Phi) is 14.8. The van der Waals surface area contributed by atoms with E-state index in [0.29, 0.717) is 13.1 Å². The first-order chi connectivity index (χ1) is 9.72. The van der Waals surface area contributed by atoms with Crippen LogP contribution in [0.25, 0.3) is 0 Å². The van der Waals surface area contributed by atoms with Gasteiger partial charge in [-0.3, -0.25) is 9.59 Å². The molecular weight excluding hydrogens is 292 g/mol. The van der Waals surface area contributed by atoms with E-state index in [9.17, 15) is 9.59 Å². The summed E-state index contributed by atoms with van der Waals surface area (Å²) in [4.78, 5) is 22.9. The highest BCUT2D eigenvalue weighted by molar-refractivity contribution is 7.99. The molecule has 0 unspecified atom stereocenters. The third-order valence-electron chi connectivity index (χ3n) is 2.62. The summed E-state index contributed by atoms with van der Waals surface area (Å²) in [6.07, 6.45) is 4.02. The van der Waals surface area contributed by atoms with E-state index in [2.05, 4.69) is 24.5 Å². The third-order valence-corrected chi connectivity index (χ3v) is 4.59. The molecule has 0 rings (SSSR count). The van der Waals surface area contributed by atoms with E-state index in [1.807, 2.05) is 23.5 Å². The quantitative estimate of drug-likeness (QED) is 0.428. The molecule has 20 heavy (non-hydrogen) atoms. The van der Waals surface area contributed by atoms with Crippen molar-refractivity contribution in [2.24, 2.45) is 0 Å². The van der Waals surface area contributed by atoms with Crippen LogP contribution in [0.4, 0.5) is 0 Å². The monoisotopic (exact) mass is 320 g/mol. The lowest BCUT2D eigenvalue weighted by molar-refractivity contribution is -0.139. The van der Waals surface area contributed by atoms with E-state index in [1.54, 1.807) is 0 Å². The molecule has 0 aromatic rings. The van der Waals surface area contributed by atoms with Crippen molar-refractivity contribution < 1.29 is 9.59 Å². The Morgan fingerprint density at radius 3 is 1.50 bits per heavy atom. The molecule has 4 nitrogen and oxygen atoms in total. The molecule has 0 spiro atoms. The maximum atomic E-state index is 11.5. The number of carbonyl (C=O) groups is 2. The zero-order valence-corrected chi connectivity index (χ0v) is 14.3. The number of thioether (sulfide) groups is 2. The van der Waals surface area contributed by atoms with Gasteiger partial charge in [0.15, 0.2) is 0 Å². The van der Waals surface area contributed by atoms with Gasteiger partial charge in [-0.2, -0.15) is 23.5 Å². The zero-order chi connectivity index (χ0) is 15.1.